The van der Waals surface area contributed by atoms with Gasteiger partial charge in [-0.2, -0.15) is 11.8 Å². The van der Waals surface area contributed by atoms with Crippen molar-refractivity contribution in [3.63, 3.8) is 0 Å². The first-order valence-corrected chi connectivity index (χ1v) is 9.18. The summed E-state index contributed by atoms with van der Waals surface area (Å²) in [5.41, 5.74) is 0. The summed E-state index contributed by atoms with van der Waals surface area (Å²) in [7, 11) is 0. The van der Waals surface area contributed by atoms with Crippen molar-refractivity contribution in [2.45, 2.75) is 65.2 Å². The Balaban J connectivity index is 0. The topological polar surface area (TPSA) is 34.1 Å². The molecule has 0 aliphatic rings. The van der Waals surface area contributed by atoms with Crippen molar-refractivity contribution in [3.8, 4) is 0 Å². The van der Waals surface area contributed by atoms with Gasteiger partial charge >= 0.3 is 0 Å². The lowest BCUT2D eigenvalue weighted by atomic mass is 10.0. The maximum absolute atomic E-state index is 8.81. The Morgan fingerprint density at radius 3 is 2.10 bits per heavy atom. The lowest BCUT2D eigenvalue weighted by Gasteiger charge is -2.10. The Morgan fingerprint density at radius 2 is 1.60 bits per heavy atom. The van der Waals surface area contributed by atoms with Crippen LogP contribution < -0.4 is 0 Å². The van der Waals surface area contributed by atoms with E-state index < -0.39 is 0 Å². The summed E-state index contributed by atoms with van der Waals surface area (Å²) in [6, 6.07) is 0. The summed E-state index contributed by atoms with van der Waals surface area (Å²) in [5.74, 6) is 2.26. The summed E-state index contributed by atoms with van der Waals surface area (Å²) in [4.78, 5) is 17.6. The molecule has 20 heavy (non-hydrogen) atoms. The van der Waals surface area contributed by atoms with Gasteiger partial charge in [0.05, 0.1) is 0 Å². The number of hydrogen-bond acceptors (Lipinski definition) is 3. The minimum atomic E-state index is 0.194. The Bertz CT molecular complexity index is 221. The van der Waals surface area contributed by atoms with Crippen LogP contribution >= 0.6 is 11.8 Å². The molecular formula is C17H32O2S. The molecule has 1 unspecified atom stereocenters. The highest BCUT2D eigenvalue weighted by molar-refractivity contribution is 7.98. The Morgan fingerprint density at radius 1 is 0.950 bits per heavy atom. The number of hydrogen-bond donors (Lipinski definition) is 0. The van der Waals surface area contributed by atoms with Crippen LogP contribution in [0.1, 0.15) is 65.2 Å². The van der Waals surface area contributed by atoms with E-state index in [4.69, 9.17) is 9.59 Å². The summed E-state index contributed by atoms with van der Waals surface area (Å²) < 4.78 is 0. The van der Waals surface area contributed by atoms with Crippen molar-refractivity contribution in [1.29, 1.82) is 0 Å². The fraction of sp³-hybridized carbons (Fsp3) is 0.765. The van der Waals surface area contributed by atoms with Crippen LogP contribution in [0.5, 0.6) is 0 Å². The summed E-state index contributed by atoms with van der Waals surface area (Å²) in [5, 5.41) is 0. The SMILES string of the molecule is CCCCCC/C=C/CCC(CC)CSC.O=CC=O. The molecule has 0 aromatic rings. The summed E-state index contributed by atoms with van der Waals surface area (Å²) in [6.07, 6.45) is 18.2. The van der Waals surface area contributed by atoms with Crippen molar-refractivity contribution in [1.82, 2.24) is 0 Å². The zero-order chi connectivity index (χ0) is 15.5. The number of allylic oxidation sites excluding steroid dienone is 2. The molecule has 0 aromatic heterocycles. The van der Waals surface area contributed by atoms with E-state index in [1.54, 1.807) is 0 Å². The number of rotatable bonds is 12. The van der Waals surface area contributed by atoms with Gasteiger partial charge in [-0.1, -0.05) is 51.7 Å². The number of unbranched alkanes of at least 4 members (excludes halogenated alkanes) is 4. The molecule has 118 valence electrons. The molecule has 0 heterocycles. The van der Waals surface area contributed by atoms with Crippen LogP contribution in [0.4, 0.5) is 0 Å². The first-order chi connectivity index (χ1) is 9.76. The zero-order valence-electron chi connectivity index (χ0n) is 13.5. The number of aldehydes is 2. The predicted octanol–water partition coefficient (Wildman–Crippen LogP) is 5.07. The second kappa shape index (κ2) is 20.7. The van der Waals surface area contributed by atoms with Gasteiger partial charge in [0.25, 0.3) is 0 Å². The largest absolute Gasteiger partial charge is 0.295 e. The molecule has 0 N–H and O–H groups in total. The molecule has 0 aliphatic carbocycles. The van der Waals surface area contributed by atoms with Gasteiger partial charge in [0.15, 0.2) is 12.6 Å². The molecule has 0 aromatic carbocycles. The molecule has 0 radical (unpaired) electrons. The molecule has 0 amide bonds. The predicted molar refractivity (Wildman–Crippen MR) is 91.4 cm³/mol. The van der Waals surface area contributed by atoms with Crippen LogP contribution in [0, 0.1) is 5.92 Å². The lowest BCUT2D eigenvalue weighted by Crippen LogP contribution is -2.00. The average molecular weight is 301 g/mol. The van der Waals surface area contributed by atoms with Crippen LogP contribution in [0.25, 0.3) is 0 Å². The number of thioether (sulfide) groups is 1. The number of carbonyl (C=O) groups is 2. The highest BCUT2D eigenvalue weighted by Crippen LogP contribution is 2.16. The maximum Gasteiger partial charge on any atom is 0.182 e. The standard InChI is InChI=1S/C15H30S.C2H2O2/c1-4-6-7-8-9-10-11-12-13-15(5-2)14-16-3;3-1-2-4/h10-11,15H,4-9,12-14H2,1-3H3;1-2H/b11-10+;. The molecule has 0 saturated heterocycles. The fourth-order valence-corrected chi connectivity index (χ4v) is 2.77. The lowest BCUT2D eigenvalue weighted by molar-refractivity contribution is -0.122. The second-order valence-corrected chi connectivity index (χ2v) is 5.81. The van der Waals surface area contributed by atoms with E-state index in [1.807, 2.05) is 11.8 Å². The van der Waals surface area contributed by atoms with Crippen LogP contribution in [0.3, 0.4) is 0 Å². The smallest absolute Gasteiger partial charge is 0.182 e. The molecular weight excluding hydrogens is 268 g/mol. The third-order valence-corrected chi connectivity index (χ3v) is 3.97. The molecule has 0 rings (SSSR count). The Kier molecular flexibility index (Phi) is 22.5. The van der Waals surface area contributed by atoms with E-state index in [1.165, 1.54) is 57.1 Å². The molecule has 0 spiro atoms. The minimum absolute atomic E-state index is 0.194. The molecule has 1 atom stereocenters. The van der Waals surface area contributed by atoms with Gasteiger partial charge in [0.2, 0.25) is 0 Å². The van der Waals surface area contributed by atoms with E-state index in [-0.39, 0.29) is 12.6 Å². The van der Waals surface area contributed by atoms with Crippen molar-refractivity contribution in [2.75, 3.05) is 12.0 Å². The van der Waals surface area contributed by atoms with Crippen molar-refractivity contribution in [3.05, 3.63) is 12.2 Å². The van der Waals surface area contributed by atoms with Crippen molar-refractivity contribution < 1.29 is 9.59 Å². The Labute approximate surface area is 129 Å². The molecule has 0 fully saturated rings. The van der Waals surface area contributed by atoms with E-state index >= 15 is 0 Å². The van der Waals surface area contributed by atoms with E-state index in [0.29, 0.717) is 0 Å². The van der Waals surface area contributed by atoms with E-state index in [2.05, 4.69) is 32.3 Å². The third-order valence-electron chi connectivity index (χ3n) is 3.17. The van der Waals surface area contributed by atoms with Gasteiger partial charge in [-0.3, -0.25) is 9.59 Å². The average Bonchev–Trinajstić information content (AvgIpc) is 2.49. The zero-order valence-corrected chi connectivity index (χ0v) is 14.3. The third kappa shape index (κ3) is 19.8. The van der Waals surface area contributed by atoms with Crippen LogP contribution in [-0.2, 0) is 9.59 Å². The fourth-order valence-electron chi connectivity index (χ4n) is 1.90. The maximum atomic E-state index is 8.81. The molecule has 0 aliphatic heterocycles. The van der Waals surface area contributed by atoms with Crippen LogP contribution in [0.15, 0.2) is 12.2 Å². The van der Waals surface area contributed by atoms with Crippen molar-refractivity contribution in [2.24, 2.45) is 5.92 Å². The first kappa shape index (κ1) is 21.7. The van der Waals surface area contributed by atoms with E-state index in [9.17, 15) is 0 Å². The monoisotopic (exact) mass is 300 g/mol. The molecule has 0 saturated carbocycles. The Hall–Kier alpha value is -0.570. The van der Waals surface area contributed by atoms with Crippen LogP contribution in [0.2, 0.25) is 0 Å². The second-order valence-electron chi connectivity index (χ2n) is 4.90. The quantitative estimate of drug-likeness (QED) is 0.218. The summed E-state index contributed by atoms with van der Waals surface area (Å²) >= 11 is 1.99. The van der Waals surface area contributed by atoms with Crippen molar-refractivity contribution >= 4 is 24.3 Å². The minimum Gasteiger partial charge on any atom is -0.295 e. The molecule has 3 heteroatoms. The molecule has 2 nitrogen and oxygen atoms in total. The van der Waals surface area contributed by atoms with E-state index in [0.717, 1.165) is 5.92 Å². The van der Waals surface area contributed by atoms with Gasteiger partial charge in [-0.15, -0.1) is 0 Å². The van der Waals surface area contributed by atoms with Gasteiger partial charge in [-0.25, -0.2) is 0 Å². The molecule has 0 bridgehead atoms. The highest BCUT2D eigenvalue weighted by atomic mass is 32.2. The van der Waals surface area contributed by atoms with Crippen LogP contribution in [-0.4, -0.2) is 24.6 Å². The summed E-state index contributed by atoms with van der Waals surface area (Å²) in [6.45, 7) is 4.59. The normalized spacial score (nSPS) is 11.8. The number of carbonyl (C=O) groups excluding carboxylic acids is 2. The van der Waals surface area contributed by atoms with Gasteiger partial charge in [0.1, 0.15) is 0 Å². The van der Waals surface area contributed by atoms with Gasteiger partial charge in [-0.05, 0) is 43.6 Å². The first-order valence-electron chi connectivity index (χ1n) is 7.79. The van der Waals surface area contributed by atoms with Gasteiger partial charge in [0, 0.05) is 0 Å². The van der Waals surface area contributed by atoms with Gasteiger partial charge < -0.3 is 0 Å². The highest BCUT2D eigenvalue weighted by Gasteiger charge is 2.02.